The van der Waals surface area contributed by atoms with E-state index in [1.54, 1.807) is 6.20 Å². The van der Waals surface area contributed by atoms with E-state index in [1.807, 2.05) is 29.1 Å². The summed E-state index contributed by atoms with van der Waals surface area (Å²) in [6.07, 6.45) is 4.38. The highest BCUT2D eigenvalue weighted by atomic mass is 16.2. The summed E-state index contributed by atoms with van der Waals surface area (Å²) < 4.78 is 1.81. The predicted molar refractivity (Wildman–Crippen MR) is 76.0 cm³/mol. The van der Waals surface area contributed by atoms with Crippen LogP contribution >= 0.6 is 0 Å². The average Bonchev–Trinajstić information content (AvgIpc) is 3.00. The van der Waals surface area contributed by atoms with Gasteiger partial charge in [0.15, 0.2) is 0 Å². The fraction of sp³-hybridized carbons (Fsp3) is 0.333. The SMILES string of the molecule is O=C(NCCn1cccn1)C1Cc2ccccc2CN1. The van der Waals surface area contributed by atoms with E-state index in [9.17, 15) is 4.79 Å². The Morgan fingerprint density at radius 3 is 3.00 bits per heavy atom. The number of nitrogens with zero attached hydrogens (tertiary/aromatic N) is 2. The van der Waals surface area contributed by atoms with Gasteiger partial charge in [0, 0.05) is 25.5 Å². The Morgan fingerprint density at radius 1 is 1.35 bits per heavy atom. The van der Waals surface area contributed by atoms with E-state index < -0.39 is 0 Å². The average molecular weight is 270 g/mol. The maximum absolute atomic E-state index is 12.1. The maximum Gasteiger partial charge on any atom is 0.237 e. The van der Waals surface area contributed by atoms with Crippen molar-refractivity contribution < 1.29 is 4.79 Å². The second-order valence-electron chi connectivity index (χ2n) is 4.97. The Balaban J connectivity index is 1.51. The molecule has 1 unspecified atom stereocenters. The molecule has 1 aromatic carbocycles. The lowest BCUT2D eigenvalue weighted by Crippen LogP contribution is -2.48. The minimum atomic E-state index is -0.137. The minimum absolute atomic E-state index is 0.0617. The first kappa shape index (κ1) is 12.9. The number of benzene rings is 1. The van der Waals surface area contributed by atoms with Gasteiger partial charge in [0.2, 0.25) is 5.91 Å². The fourth-order valence-corrected chi connectivity index (χ4v) is 2.49. The first-order valence-electron chi connectivity index (χ1n) is 6.88. The molecular weight excluding hydrogens is 252 g/mol. The van der Waals surface area contributed by atoms with E-state index in [4.69, 9.17) is 0 Å². The van der Waals surface area contributed by atoms with Crippen molar-refractivity contribution in [3.05, 3.63) is 53.9 Å². The molecule has 0 aliphatic carbocycles. The van der Waals surface area contributed by atoms with Crippen LogP contribution in [-0.2, 0) is 24.3 Å². The van der Waals surface area contributed by atoms with E-state index >= 15 is 0 Å². The number of aromatic nitrogens is 2. The van der Waals surface area contributed by atoms with Crippen LogP contribution < -0.4 is 10.6 Å². The summed E-state index contributed by atoms with van der Waals surface area (Å²) in [6.45, 7) is 2.05. The molecule has 5 nitrogen and oxygen atoms in total. The molecule has 1 aliphatic heterocycles. The Morgan fingerprint density at radius 2 is 2.20 bits per heavy atom. The van der Waals surface area contributed by atoms with Gasteiger partial charge in [0.25, 0.3) is 0 Å². The second-order valence-corrected chi connectivity index (χ2v) is 4.97. The molecule has 1 aliphatic rings. The van der Waals surface area contributed by atoms with Gasteiger partial charge in [0.1, 0.15) is 0 Å². The van der Waals surface area contributed by atoms with Gasteiger partial charge in [-0.15, -0.1) is 0 Å². The van der Waals surface area contributed by atoms with Crippen molar-refractivity contribution in [1.29, 1.82) is 0 Å². The molecule has 1 aromatic heterocycles. The smallest absolute Gasteiger partial charge is 0.237 e. The minimum Gasteiger partial charge on any atom is -0.353 e. The van der Waals surface area contributed by atoms with Crippen LogP contribution in [0.4, 0.5) is 0 Å². The van der Waals surface area contributed by atoms with E-state index in [0.29, 0.717) is 13.1 Å². The summed E-state index contributed by atoms with van der Waals surface area (Å²) in [5.74, 6) is 0.0617. The Hall–Kier alpha value is -2.14. The van der Waals surface area contributed by atoms with Gasteiger partial charge in [0.05, 0.1) is 12.6 Å². The van der Waals surface area contributed by atoms with Crippen molar-refractivity contribution in [2.75, 3.05) is 6.54 Å². The van der Waals surface area contributed by atoms with Crippen LogP contribution in [0.15, 0.2) is 42.7 Å². The van der Waals surface area contributed by atoms with Crippen LogP contribution in [0.1, 0.15) is 11.1 Å². The standard InChI is InChI=1S/C15H18N4O/c20-15(16-7-9-19-8-3-6-18-19)14-10-12-4-1-2-5-13(12)11-17-14/h1-6,8,14,17H,7,9-11H2,(H,16,20). The monoisotopic (exact) mass is 270 g/mol. The number of fused-ring (bicyclic) bond motifs is 1. The van der Waals surface area contributed by atoms with Gasteiger partial charge < -0.3 is 10.6 Å². The number of hydrogen-bond donors (Lipinski definition) is 2. The number of hydrogen-bond acceptors (Lipinski definition) is 3. The first-order chi connectivity index (χ1) is 9.83. The topological polar surface area (TPSA) is 59.0 Å². The van der Waals surface area contributed by atoms with Gasteiger partial charge in [-0.05, 0) is 23.6 Å². The zero-order chi connectivity index (χ0) is 13.8. The summed E-state index contributed by atoms with van der Waals surface area (Å²) in [5, 5.41) is 10.3. The number of rotatable bonds is 4. The predicted octanol–water partition coefficient (Wildman–Crippen LogP) is 0.714. The molecule has 1 amide bonds. The maximum atomic E-state index is 12.1. The van der Waals surface area contributed by atoms with Crippen LogP contribution in [0.3, 0.4) is 0 Å². The van der Waals surface area contributed by atoms with Gasteiger partial charge >= 0.3 is 0 Å². The normalized spacial score (nSPS) is 17.5. The van der Waals surface area contributed by atoms with Crippen molar-refractivity contribution in [3.8, 4) is 0 Å². The third-order valence-electron chi connectivity index (χ3n) is 3.60. The van der Waals surface area contributed by atoms with Crippen LogP contribution in [0.25, 0.3) is 0 Å². The van der Waals surface area contributed by atoms with Crippen LogP contribution in [0.5, 0.6) is 0 Å². The fourth-order valence-electron chi connectivity index (χ4n) is 2.49. The third kappa shape index (κ3) is 2.88. The number of nitrogens with one attached hydrogen (secondary N) is 2. The van der Waals surface area contributed by atoms with Crippen molar-refractivity contribution in [1.82, 2.24) is 20.4 Å². The lowest BCUT2D eigenvalue weighted by molar-refractivity contribution is -0.123. The molecule has 0 saturated heterocycles. The Labute approximate surface area is 118 Å². The molecular formula is C15H18N4O. The molecule has 0 radical (unpaired) electrons. The summed E-state index contributed by atoms with van der Waals surface area (Å²) in [6, 6.07) is 10.00. The van der Waals surface area contributed by atoms with E-state index in [0.717, 1.165) is 13.0 Å². The van der Waals surface area contributed by atoms with E-state index in [1.165, 1.54) is 11.1 Å². The molecule has 20 heavy (non-hydrogen) atoms. The summed E-state index contributed by atoms with van der Waals surface area (Å²) in [7, 11) is 0. The molecule has 0 spiro atoms. The van der Waals surface area contributed by atoms with Crippen molar-refractivity contribution >= 4 is 5.91 Å². The highest BCUT2D eigenvalue weighted by Crippen LogP contribution is 2.16. The number of amides is 1. The molecule has 104 valence electrons. The highest BCUT2D eigenvalue weighted by Gasteiger charge is 2.23. The van der Waals surface area contributed by atoms with E-state index in [-0.39, 0.29) is 11.9 Å². The number of carbonyl (C=O) groups is 1. The van der Waals surface area contributed by atoms with Gasteiger partial charge in [-0.25, -0.2) is 0 Å². The molecule has 0 saturated carbocycles. The second kappa shape index (κ2) is 5.88. The summed E-state index contributed by atoms with van der Waals surface area (Å²) in [5.41, 5.74) is 2.55. The van der Waals surface area contributed by atoms with E-state index in [2.05, 4.69) is 27.9 Å². The molecule has 0 fully saturated rings. The van der Waals surface area contributed by atoms with Crippen molar-refractivity contribution in [2.24, 2.45) is 0 Å². The van der Waals surface area contributed by atoms with Gasteiger partial charge in [-0.1, -0.05) is 24.3 Å². The molecule has 2 N–H and O–H groups in total. The molecule has 1 atom stereocenters. The zero-order valence-corrected chi connectivity index (χ0v) is 11.2. The highest BCUT2D eigenvalue weighted by molar-refractivity contribution is 5.82. The van der Waals surface area contributed by atoms with Crippen LogP contribution in [0, 0.1) is 0 Å². The lowest BCUT2D eigenvalue weighted by Gasteiger charge is -2.25. The molecule has 0 bridgehead atoms. The number of carbonyl (C=O) groups excluding carboxylic acids is 1. The molecule has 3 rings (SSSR count). The quantitative estimate of drug-likeness (QED) is 0.860. The Kier molecular flexibility index (Phi) is 3.78. The third-order valence-corrected chi connectivity index (χ3v) is 3.60. The largest absolute Gasteiger partial charge is 0.353 e. The van der Waals surface area contributed by atoms with Crippen LogP contribution in [0.2, 0.25) is 0 Å². The summed E-state index contributed by atoms with van der Waals surface area (Å²) in [4.78, 5) is 12.1. The van der Waals surface area contributed by atoms with Crippen LogP contribution in [-0.4, -0.2) is 28.3 Å². The first-order valence-corrected chi connectivity index (χ1v) is 6.88. The lowest BCUT2D eigenvalue weighted by atomic mass is 9.95. The summed E-state index contributed by atoms with van der Waals surface area (Å²) >= 11 is 0. The van der Waals surface area contributed by atoms with Gasteiger partial charge in [-0.3, -0.25) is 9.48 Å². The molecule has 2 aromatic rings. The molecule has 2 heterocycles. The van der Waals surface area contributed by atoms with Crippen molar-refractivity contribution in [2.45, 2.75) is 25.6 Å². The zero-order valence-electron chi connectivity index (χ0n) is 11.2. The Bertz CT molecular complexity index is 579. The molecule has 5 heteroatoms. The van der Waals surface area contributed by atoms with Gasteiger partial charge in [-0.2, -0.15) is 5.10 Å². The van der Waals surface area contributed by atoms with Crippen molar-refractivity contribution in [3.63, 3.8) is 0 Å².